The number of benzene rings is 1. The number of nitrogens with one attached hydrogen (secondary N) is 1. The average Bonchev–Trinajstić information content (AvgIpc) is 2.64. The summed E-state index contributed by atoms with van der Waals surface area (Å²) in [4.78, 5) is 16.8. The van der Waals surface area contributed by atoms with E-state index in [4.69, 9.17) is 0 Å². The molecule has 26 heavy (non-hydrogen) atoms. The third-order valence-electron chi connectivity index (χ3n) is 4.81. The van der Waals surface area contributed by atoms with E-state index >= 15 is 0 Å². The standard InChI is InChI=1S/C20H26FN5/c1-3-22-19-24-18(14(2)21)25-20(26-19)23-17-12-8-7-11-16(17)13-15-9-5-4-6-10-15/h3-6,9-10,14,16-17H,7-8,11-13H2,1-2H3,(H,23,24,25,26). The van der Waals surface area contributed by atoms with Gasteiger partial charge in [-0.25, -0.2) is 9.38 Å². The van der Waals surface area contributed by atoms with Gasteiger partial charge in [0.15, 0.2) is 12.0 Å². The smallest absolute Gasteiger partial charge is 0.254 e. The lowest BCUT2D eigenvalue weighted by atomic mass is 9.81. The fourth-order valence-electron chi connectivity index (χ4n) is 3.52. The number of nitrogens with zero attached hydrogens (tertiary/aromatic N) is 4. The molecule has 0 amide bonds. The minimum absolute atomic E-state index is 0.124. The summed E-state index contributed by atoms with van der Waals surface area (Å²) in [5, 5.41) is 3.44. The van der Waals surface area contributed by atoms with E-state index in [0.29, 0.717) is 11.9 Å². The first-order valence-electron chi connectivity index (χ1n) is 9.35. The molecule has 6 heteroatoms. The highest BCUT2D eigenvalue weighted by molar-refractivity contribution is 5.57. The number of halogens is 1. The average molecular weight is 355 g/mol. The molecular formula is C20H26FN5. The number of alkyl halides is 1. The molecule has 138 valence electrons. The van der Waals surface area contributed by atoms with Crippen molar-refractivity contribution in [1.82, 2.24) is 15.0 Å². The second-order valence-electron chi connectivity index (χ2n) is 6.81. The van der Waals surface area contributed by atoms with Crippen molar-refractivity contribution >= 4 is 18.1 Å². The molecule has 1 aromatic carbocycles. The van der Waals surface area contributed by atoms with E-state index in [-0.39, 0.29) is 17.8 Å². The third kappa shape index (κ3) is 4.84. The van der Waals surface area contributed by atoms with Gasteiger partial charge in [-0.05, 0) is 44.6 Å². The Balaban J connectivity index is 1.78. The van der Waals surface area contributed by atoms with Crippen molar-refractivity contribution in [2.45, 2.75) is 58.2 Å². The Kier molecular flexibility index (Phi) is 6.26. The van der Waals surface area contributed by atoms with Crippen molar-refractivity contribution in [3.63, 3.8) is 0 Å². The minimum Gasteiger partial charge on any atom is -0.351 e. The number of aliphatic imine (C=N–C) groups is 1. The lowest BCUT2D eigenvalue weighted by Gasteiger charge is -2.32. The number of hydrogen-bond donors (Lipinski definition) is 1. The van der Waals surface area contributed by atoms with Crippen LogP contribution in [0.15, 0.2) is 35.3 Å². The third-order valence-corrected chi connectivity index (χ3v) is 4.81. The van der Waals surface area contributed by atoms with Crippen molar-refractivity contribution in [1.29, 1.82) is 0 Å². The highest BCUT2D eigenvalue weighted by atomic mass is 19.1. The van der Waals surface area contributed by atoms with Gasteiger partial charge in [0.05, 0.1) is 0 Å². The molecule has 1 aliphatic rings. The first-order chi connectivity index (χ1) is 12.7. The molecule has 0 radical (unpaired) electrons. The number of anilines is 1. The molecule has 1 heterocycles. The predicted molar refractivity (Wildman–Crippen MR) is 103 cm³/mol. The molecule has 1 saturated carbocycles. The molecule has 3 atom stereocenters. The van der Waals surface area contributed by atoms with Crippen LogP contribution in [-0.4, -0.2) is 27.2 Å². The van der Waals surface area contributed by atoms with Gasteiger partial charge < -0.3 is 5.32 Å². The van der Waals surface area contributed by atoms with Gasteiger partial charge in [0, 0.05) is 12.3 Å². The summed E-state index contributed by atoms with van der Waals surface area (Å²) in [5.74, 6) is 1.30. The number of rotatable bonds is 6. The first-order valence-corrected chi connectivity index (χ1v) is 9.35. The van der Waals surface area contributed by atoms with Crippen LogP contribution in [0, 0.1) is 5.92 Å². The van der Waals surface area contributed by atoms with Gasteiger partial charge in [-0.15, -0.1) is 0 Å². The fraction of sp³-hybridized carbons (Fsp3) is 0.500. The maximum Gasteiger partial charge on any atom is 0.254 e. The Labute approximate surface area is 154 Å². The van der Waals surface area contributed by atoms with Gasteiger partial charge >= 0.3 is 0 Å². The molecule has 1 aromatic heterocycles. The van der Waals surface area contributed by atoms with Crippen LogP contribution in [0.2, 0.25) is 0 Å². The van der Waals surface area contributed by atoms with Crippen LogP contribution in [0.1, 0.15) is 57.1 Å². The molecule has 0 spiro atoms. The van der Waals surface area contributed by atoms with Crippen LogP contribution < -0.4 is 5.32 Å². The summed E-state index contributed by atoms with van der Waals surface area (Å²) in [6.45, 7) is 3.21. The van der Waals surface area contributed by atoms with Gasteiger partial charge in [0.25, 0.3) is 5.95 Å². The van der Waals surface area contributed by atoms with Crippen molar-refractivity contribution < 1.29 is 4.39 Å². The van der Waals surface area contributed by atoms with E-state index < -0.39 is 6.17 Å². The lowest BCUT2D eigenvalue weighted by molar-refractivity contribution is 0.321. The molecule has 0 saturated heterocycles. The zero-order valence-corrected chi connectivity index (χ0v) is 15.4. The SMILES string of the molecule is CC=Nc1nc(NC2CCCCC2Cc2ccccc2)nc(C(C)F)n1. The molecule has 1 fully saturated rings. The Morgan fingerprint density at radius 3 is 2.69 bits per heavy atom. The van der Waals surface area contributed by atoms with Gasteiger partial charge in [0.1, 0.15) is 0 Å². The minimum atomic E-state index is -1.25. The first kappa shape index (κ1) is 18.4. The quantitative estimate of drug-likeness (QED) is 0.753. The van der Waals surface area contributed by atoms with Crippen molar-refractivity contribution in [3.8, 4) is 0 Å². The number of aromatic nitrogens is 3. The van der Waals surface area contributed by atoms with Crippen molar-refractivity contribution in [2.75, 3.05) is 5.32 Å². The van der Waals surface area contributed by atoms with Gasteiger partial charge in [0.2, 0.25) is 5.95 Å². The van der Waals surface area contributed by atoms with Crippen molar-refractivity contribution in [2.24, 2.45) is 10.9 Å². The molecular weight excluding hydrogens is 329 g/mol. The van der Waals surface area contributed by atoms with E-state index in [1.165, 1.54) is 31.7 Å². The maximum absolute atomic E-state index is 13.7. The lowest BCUT2D eigenvalue weighted by Crippen LogP contribution is -2.34. The highest BCUT2D eigenvalue weighted by Crippen LogP contribution is 2.30. The summed E-state index contributed by atoms with van der Waals surface area (Å²) in [6, 6.07) is 10.8. The van der Waals surface area contributed by atoms with Gasteiger partial charge in [-0.1, -0.05) is 43.2 Å². The summed E-state index contributed by atoms with van der Waals surface area (Å²) in [7, 11) is 0. The molecule has 1 N–H and O–H groups in total. The fourth-order valence-corrected chi connectivity index (χ4v) is 3.52. The number of hydrogen-bond acceptors (Lipinski definition) is 5. The Hall–Kier alpha value is -2.37. The van der Waals surface area contributed by atoms with Crippen LogP contribution in [0.25, 0.3) is 0 Å². The van der Waals surface area contributed by atoms with Crippen LogP contribution in [0.5, 0.6) is 0 Å². The Morgan fingerprint density at radius 2 is 1.96 bits per heavy atom. The topological polar surface area (TPSA) is 63.1 Å². The second kappa shape index (κ2) is 8.83. The summed E-state index contributed by atoms with van der Waals surface area (Å²) < 4.78 is 13.7. The van der Waals surface area contributed by atoms with Crippen LogP contribution in [-0.2, 0) is 6.42 Å². The monoisotopic (exact) mass is 355 g/mol. The predicted octanol–water partition coefficient (Wildman–Crippen LogP) is 4.84. The zero-order chi connectivity index (χ0) is 18.4. The summed E-state index contributed by atoms with van der Waals surface area (Å²) in [5.41, 5.74) is 1.34. The Bertz CT molecular complexity index is 732. The van der Waals surface area contributed by atoms with E-state index in [0.717, 1.165) is 12.8 Å². The Morgan fingerprint density at radius 1 is 1.19 bits per heavy atom. The summed E-state index contributed by atoms with van der Waals surface area (Å²) in [6.07, 6.45) is 6.03. The molecule has 3 unspecified atom stereocenters. The molecule has 0 aliphatic heterocycles. The maximum atomic E-state index is 13.7. The van der Waals surface area contributed by atoms with Crippen LogP contribution in [0.3, 0.4) is 0 Å². The molecule has 1 aliphatic carbocycles. The molecule has 3 rings (SSSR count). The highest BCUT2D eigenvalue weighted by Gasteiger charge is 2.26. The van der Waals surface area contributed by atoms with E-state index in [1.54, 1.807) is 13.1 Å². The van der Waals surface area contributed by atoms with Crippen LogP contribution in [0.4, 0.5) is 16.3 Å². The van der Waals surface area contributed by atoms with E-state index in [2.05, 4.69) is 49.5 Å². The van der Waals surface area contributed by atoms with Gasteiger partial charge in [-0.2, -0.15) is 15.0 Å². The van der Waals surface area contributed by atoms with E-state index in [9.17, 15) is 4.39 Å². The zero-order valence-electron chi connectivity index (χ0n) is 15.4. The van der Waals surface area contributed by atoms with Crippen molar-refractivity contribution in [3.05, 3.63) is 41.7 Å². The van der Waals surface area contributed by atoms with E-state index in [1.807, 2.05) is 6.07 Å². The molecule has 5 nitrogen and oxygen atoms in total. The van der Waals surface area contributed by atoms with Crippen LogP contribution >= 0.6 is 0 Å². The molecule has 0 bridgehead atoms. The largest absolute Gasteiger partial charge is 0.351 e. The normalized spacial score (nSPS) is 21.7. The second-order valence-corrected chi connectivity index (χ2v) is 6.81. The van der Waals surface area contributed by atoms with Gasteiger partial charge in [-0.3, -0.25) is 0 Å². The summed E-state index contributed by atoms with van der Waals surface area (Å²) >= 11 is 0. The molecule has 2 aromatic rings.